The number of carbonyl (C=O) groups excluding carboxylic acids is 1. The molecule has 436 valence electrons. The number of nitrogens with zero attached hydrogens (tertiary/aromatic N) is 1. The van der Waals surface area contributed by atoms with Crippen molar-refractivity contribution in [1.29, 1.82) is 0 Å². The van der Waals surface area contributed by atoms with Crippen molar-refractivity contribution in [2.45, 2.75) is 81.6 Å². The summed E-state index contributed by atoms with van der Waals surface area (Å²) in [5, 5.41) is 1.17. The number of benzene rings is 6. The van der Waals surface area contributed by atoms with Gasteiger partial charge in [0.25, 0.3) is 0 Å². The SMILES string of the molecule is FC(F)(F)c1cc([B-](c2cc(C(F)(F)F)cc(C(F)(F)F)c2)(c2cc(C(F)(F)F)cc(C(F)(F)F)c2)c2cc(C(F)(F)F)cc(C(F)(F)F)c2)cc(C(F)(F)F)c1.O=C(C[n+]1c(C2=CCCCC2)ccc2ccccc21)c1ccccc1. The van der Waals surface area contributed by atoms with Crippen LogP contribution in [0.3, 0.4) is 0 Å². The van der Waals surface area contributed by atoms with Gasteiger partial charge in [0.05, 0.1) is 44.5 Å². The lowest BCUT2D eigenvalue weighted by Crippen LogP contribution is -2.75. The van der Waals surface area contributed by atoms with E-state index >= 15 is 0 Å². The molecule has 1 aliphatic rings. The molecule has 0 amide bonds. The fourth-order valence-electron chi connectivity index (χ4n) is 9.71. The molecule has 0 unspecified atom stereocenters. The summed E-state index contributed by atoms with van der Waals surface area (Å²) in [7, 11) is 0. The number of fused-ring (bicyclic) bond motifs is 1. The van der Waals surface area contributed by atoms with Gasteiger partial charge in [-0.05, 0) is 62.1 Å². The average Bonchev–Trinajstić information content (AvgIpc) is 1.22. The smallest absolute Gasteiger partial charge is 0.287 e. The van der Waals surface area contributed by atoms with E-state index in [1.54, 1.807) is 0 Å². The van der Waals surface area contributed by atoms with Crippen LogP contribution in [0.2, 0.25) is 0 Å². The van der Waals surface area contributed by atoms with E-state index in [9.17, 15) is 110 Å². The predicted octanol–water partition coefficient (Wildman–Crippen LogP) is 16.2. The number of halogens is 24. The molecule has 0 spiro atoms. The fourth-order valence-corrected chi connectivity index (χ4v) is 9.71. The molecule has 1 heterocycles. The van der Waals surface area contributed by atoms with Crippen molar-refractivity contribution in [2.75, 3.05) is 0 Å². The van der Waals surface area contributed by atoms with E-state index < -0.39 is 195 Å². The lowest BCUT2D eigenvalue weighted by atomic mass is 9.12. The van der Waals surface area contributed by atoms with Gasteiger partial charge in [0, 0.05) is 28.7 Å². The highest BCUT2D eigenvalue weighted by atomic mass is 19.4. The maximum absolute atomic E-state index is 14.2. The second-order valence-electron chi connectivity index (χ2n) is 18.9. The molecule has 0 atom stereocenters. The normalized spacial score (nSPS) is 14.3. The summed E-state index contributed by atoms with van der Waals surface area (Å²) in [6.07, 6.45) is -47.7. The van der Waals surface area contributed by atoms with E-state index in [-0.39, 0.29) is 5.78 Å². The van der Waals surface area contributed by atoms with Crippen LogP contribution in [0.5, 0.6) is 0 Å². The molecular formula is C55H34BF24NO. The van der Waals surface area contributed by atoms with Crippen LogP contribution in [0.4, 0.5) is 105 Å². The number of ketones is 1. The minimum absolute atomic E-state index is 0.152. The van der Waals surface area contributed by atoms with Gasteiger partial charge in [-0.15, -0.1) is 0 Å². The van der Waals surface area contributed by atoms with Crippen molar-refractivity contribution in [3.05, 3.63) is 201 Å². The average molecular weight is 1190 g/mol. The monoisotopic (exact) mass is 1190 g/mol. The Morgan fingerprint density at radius 2 is 0.695 bits per heavy atom. The number of aromatic nitrogens is 1. The van der Waals surface area contributed by atoms with Crippen molar-refractivity contribution < 1.29 is 115 Å². The van der Waals surface area contributed by atoms with Crippen LogP contribution in [0.25, 0.3) is 16.5 Å². The first kappa shape index (κ1) is 62.1. The van der Waals surface area contributed by atoms with Crippen molar-refractivity contribution in [3.63, 3.8) is 0 Å². The number of hydrogen-bond donors (Lipinski definition) is 0. The zero-order chi connectivity index (χ0) is 61.0. The minimum atomic E-state index is -6.13. The summed E-state index contributed by atoms with van der Waals surface area (Å²) < 4.78 is 343. The molecule has 0 N–H and O–H groups in total. The van der Waals surface area contributed by atoms with Crippen LogP contribution in [0.15, 0.2) is 146 Å². The van der Waals surface area contributed by atoms with Gasteiger partial charge in [-0.1, -0.05) is 97.1 Å². The highest BCUT2D eigenvalue weighted by Gasteiger charge is 2.47. The van der Waals surface area contributed by atoms with Crippen molar-refractivity contribution >= 4 is 50.3 Å². The third kappa shape index (κ3) is 13.7. The molecular weight excluding hydrogens is 1160 g/mol. The van der Waals surface area contributed by atoms with Gasteiger partial charge in [-0.3, -0.25) is 4.79 Å². The Morgan fingerprint density at radius 3 is 1.00 bits per heavy atom. The lowest BCUT2D eigenvalue weighted by Gasteiger charge is -2.46. The highest BCUT2D eigenvalue weighted by molar-refractivity contribution is 7.20. The van der Waals surface area contributed by atoms with E-state index in [0.717, 1.165) is 23.9 Å². The van der Waals surface area contributed by atoms with Gasteiger partial charge in [-0.2, -0.15) is 132 Å². The molecule has 7 aromatic rings. The van der Waals surface area contributed by atoms with Crippen LogP contribution in [-0.2, 0) is 56.0 Å². The summed E-state index contributed by atoms with van der Waals surface area (Å²) in [6, 6.07) is 13.4. The van der Waals surface area contributed by atoms with Crippen LogP contribution < -0.4 is 26.4 Å². The van der Waals surface area contributed by atoms with Gasteiger partial charge in [0.1, 0.15) is 6.15 Å². The number of allylic oxidation sites excluding steroid dienone is 2. The summed E-state index contributed by atoms with van der Waals surface area (Å²) in [5.74, 6) is 0.152. The molecule has 0 fully saturated rings. The molecule has 2 nitrogen and oxygen atoms in total. The highest BCUT2D eigenvalue weighted by Crippen LogP contribution is 2.42. The number of rotatable bonds is 8. The van der Waals surface area contributed by atoms with Crippen LogP contribution >= 0.6 is 0 Å². The second-order valence-corrected chi connectivity index (χ2v) is 18.9. The molecule has 0 saturated carbocycles. The predicted molar refractivity (Wildman–Crippen MR) is 251 cm³/mol. The van der Waals surface area contributed by atoms with Crippen molar-refractivity contribution in [1.82, 2.24) is 0 Å². The Hall–Kier alpha value is -7.48. The van der Waals surface area contributed by atoms with Gasteiger partial charge < -0.3 is 0 Å². The molecule has 1 aromatic heterocycles. The quantitative estimate of drug-likeness (QED) is 0.0643. The van der Waals surface area contributed by atoms with E-state index in [0.29, 0.717) is 6.54 Å². The maximum atomic E-state index is 14.2. The number of alkyl halides is 24. The Labute approximate surface area is 447 Å². The fraction of sp³-hybridized carbons (Fsp3) is 0.236. The van der Waals surface area contributed by atoms with Gasteiger partial charge in [-0.25, -0.2) is 0 Å². The van der Waals surface area contributed by atoms with E-state index in [2.05, 4.69) is 34.9 Å². The van der Waals surface area contributed by atoms with Crippen molar-refractivity contribution in [2.24, 2.45) is 0 Å². The zero-order valence-electron chi connectivity index (χ0n) is 40.9. The molecule has 8 rings (SSSR count). The van der Waals surface area contributed by atoms with Gasteiger partial charge >= 0.3 is 49.4 Å². The summed E-state index contributed by atoms with van der Waals surface area (Å²) in [5.41, 5.74) is -25.8. The largest absolute Gasteiger partial charge is 0.416 e. The number of hydrogen-bond acceptors (Lipinski definition) is 1. The van der Waals surface area contributed by atoms with Crippen LogP contribution in [0.1, 0.15) is 86.2 Å². The first-order valence-corrected chi connectivity index (χ1v) is 23.6. The Balaban J connectivity index is 0.000000318. The third-order valence-corrected chi connectivity index (χ3v) is 13.4. The van der Waals surface area contributed by atoms with Gasteiger partial charge in [0.2, 0.25) is 23.5 Å². The van der Waals surface area contributed by atoms with E-state index in [1.165, 1.54) is 29.5 Å². The molecule has 27 heteroatoms. The lowest BCUT2D eigenvalue weighted by molar-refractivity contribution is -0.659. The molecule has 0 aliphatic heterocycles. The number of Topliss-reactive ketones (excluding diaryl/α,β-unsaturated/α-hetero) is 1. The molecule has 0 bridgehead atoms. The standard InChI is InChI=1S/C32H12BF24.C23H22NO/c34-25(35,36)13-1-14(26(37,38)39)6-21(5-13)33(22-7-15(27(40,41)42)2-16(8-22)28(43,44)45,23-9-17(29(46,47)48)3-18(10-23)30(49,50)51)24-11-19(31(52,53)54)4-20(12-24)32(55,56)57;25-23(20-12-5-2-6-13-20)17-24-21-14-8-7-11-19(21)15-16-22(24)18-9-3-1-4-10-18/h1-12H;2,5-9,11-16H,1,3-4,10,17H2/q-1;+1. The van der Waals surface area contributed by atoms with E-state index in [4.69, 9.17) is 0 Å². The van der Waals surface area contributed by atoms with Gasteiger partial charge in [0.15, 0.2) is 0 Å². The first-order valence-electron chi connectivity index (χ1n) is 23.6. The Morgan fingerprint density at radius 1 is 0.378 bits per heavy atom. The minimum Gasteiger partial charge on any atom is -0.287 e. The third-order valence-electron chi connectivity index (χ3n) is 13.4. The number of para-hydroxylation sites is 1. The Kier molecular flexibility index (Phi) is 16.7. The topological polar surface area (TPSA) is 20.9 Å². The maximum Gasteiger partial charge on any atom is 0.416 e. The molecule has 6 aromatic carbocycles. The van der Waals surface area contributed by atoms with E-state index in [1.807, 2.05) is 42.5 Å². The van der Waals surface area contributed by atoms with Crippen LogP contribution in [0, 0.1) is 0 Å². The number of pyridine rings is 1. The summed E-state index contributed by atoms with van der Waals surface area (Å²) in [6.45, 7) is 0.373. The second kappa shape index (κ2) is 22.0. The zero-order valence-corrected chi connectivity index (χ0v) is 40.9. The summed E-state index contributed by atoms with van der Waals surface area (Å²) in [4.78, 5) is 12.9. The van der Waals surface area contributed by atoms with Crippen LogP contribution in [-0.4, -0.2) is 11.9 Å². The first-order chi connectivity index (χ1) is 37.6. The summed E-state index contributed by atoms with van der Waals surface area (Å²) >= 11 is 0. The molecule has 0 radical (unpaired) electrons. The molecule has 82 heavy (non-hydrogen) atoms. The number of carbonyl (C=O) groups is 1. The molecule has 1 aliphatic carbocycles. The Bertz CT molecular complexity index is 3090. The van der Waals surface area contributed by atoms with Crippen molar-refractivity contribution in [3.8, 4) is 0 Å². The molecule has 0 saturated heterocycles.